The van der Waals surface area contributed by atoms with Gasteiger partial charge in [-0.15, -0.1) is 11.8 Å². The van der Waals surface area contributed by atoms with Crippen LogP contribution in [0.2, 0.25) is 0 Å². The minimum atomic E-state index is -0.469. The number of carbonyl (C=O) groups is 1. The maximum atomic E-state index is 13.4. The molecule has 0 aliphatic carbocycles. The molecule has 0 heterocycles. The van der Waals surface area contributed by atoms with E-state index in [1.165, 1.54) is 17.3 Å². The van der Waals surface area contributed by atoms with Gasteiger partial charge in [0, 0.05) is 16.3 Å². The normalized spacial score (nSPS) is 11.3. The fourth-order valence-corrected chi connectivity index (χ4v) is 4.88. The van der Waals surface area contributed by atoms with Gasteiger partial charge in [0.25, 0.3) is 0 Å². The lowest BCUT2D eigenvalue weighted by atomic mass is 10.1. The fraction of sp³-hybridized carbons (Fsp3) is 0.103. The molecule has 0 aliphatic rings. The summed E-state index contributed by atoms with van der Waals surface area (Å²) in [5, 5.41) is 9.48. The number of anilines is 3. The van der Waals surface area contributed by atoms with Gasteiger partial charge in [0.2, 0.25) is 5.91 Å². The summed E-state index contributed by atoms with van der Waals surface area (Å²) in [4.78, 5) is 14.4. The molecule has 0 saturated carbocycles. The van der Waals surface area contributed by atoms with E-state index in [0.717, 1.165) is 21.8 Å². The predicted molar refractivity (Wildman–Crippen MR) is 154 cm³/mol. The zero-order valence-corrected chi connectivity index (χ0v) is 21.7. The van der Waals surface area contributed by atoms with Crippen molar-refractivity contribution >= 4 is 52.1 Å². The second-order valence-corrected chi connectivity index (χ2v) is 9.66. The quantitative estimate of drug-likeness (QED) is 0.170. The first-order chi connectivity index (χ1) is 17.5. The molecule has 5 nitrogen and oxygen atoms in total. The van der Waals surface area contributed by atoms with Gasteiger partial charge in [-0.25, -0.2) is 0 Å². The smallest absolute Gasteiger partial charge is 0.242 e. The third-order valence-corrected chi connectivity index (χ3v) is 6.81. The average Bonchev–Trinajstić information content (AvgIpc) is 2.89. The Labute approximate surface area is 221 Å². The minimum absolute atomic E-state index is 0.134. The molecule has 182 valence electrons. The molecule has 3 N–H and O–H groups in total. The number of hydrogen-bond donors (Lipinski definition) is 3. The van der Waals surface area contributed by atoms with Crippen LogP contribution >= 0.6 is 24.0 Å². The highest BCUT2D eigenvalue weighted by atomic mass is 32.2. The molecular formula is C29H27N3O2S2. The number of benzene rings is 4. The van der Waals surface area contributed by atoms with E-state index in [-0.39, 0.29) is 5.91 Å². The third-order valence-electron chi connectivity index (χ3n) is 5.36. The summed E-state index contributed by atoms with van der Waals surface area (Å²) in [5.74, 6) is 0.481. The number of aryl methyl sites for hydroxylation is 1. The van der Waals surface area contributed by atoms with Crippen molar-refractivity contribution < 1.29 is 9.53 Å². The van der Waals surface area contributed by atoms with Gasteiger partial charge in [0.1, 0.15) is 11.0 Å². The highest BCUT2D eigenvalue weighted by Gasteiger charge is 2.23. The topological polar surface area (TPSA) is 62.4 Å². The van der Waals surface area contributed by atoms with Crippen LogP contribution in [0.3, 0.4) is 0 Å². The van der Waals surface area contributed by atoms with Gasteiger partial charge in [-0.1, -0.05) is 66.2 Å². The molecule has 1 atom stereocenters. The number of rotatable bonds is 8. The molecule has 0 radical (unpaired) electrons. The molecule has 4 aromatic carbocycles. The Hall–Kier alpha value is -3.81. The van der Waals surface area contributed by atoms with E-state index in [1.807, 2.05) is 110 Å². The summed E-state index contributed by atoms with van der Waals surface area (Å²) in [7, 11) is 1.59. The summed E-state index contributed by atoms with van der Waals surface area (Å²) in [6, 6.07) is 33.0. The molecule has 0 saturated heterocycles. The van der Waals surface area contributed by atoms with Gasteiger partial charge in [0.15, 0.2) is 5.11 Å². The van der Waals surface area contributed by atoms with E-state index in [9.17, 15) is 4.79 Å². The zero-order chi connectivity index (χ0) is 25.3. The maximum Gasteiger partial charge on any atom is 0.242 e. The van der Waals surface area contributed by atoms with Gasteiger partial charge in [-0.2, -0.15) is 0 Å². The van der Waals surface area contributed by atoms with Gasteiger partial charge >= 0.3 is 0 Å². The van der Waals surface area contributed by atoms with Crippen molar-refractivity contribution in [1.82, 2.24) is 0 Å². The van der Waals surface area contributed by atoms with Crippen molar-refractivity contribution in [3.63, 3.8) is 0 Å². The predicted octanol–water partition coefficient (Wildman–Crippen LogP) is 7.28. The van der Waals surface area contributed by atoms with Crippen LogP contribution in [0.4, 0.5) is 17.1 Å². The van der Waals surface area contributed by atoms with Crippen molar-refractivity contribution in [2.45, 2.75) is 17.1 Å². The van der Waals surface area contributed by atoms with Crippen LogP contribution in [0.15, 0.2) is 108 Å². The monoisotopic (exact) mass is 513 g/mol. The second-order valence-electron chi connectivity index (χ2n) is 8.07. The molecule has 1 unspecified atom stereocenters. The molecule has 4 rings (SSSR count). The molecule has 0 fully saturated rings. The molecule has 1 amide bonds. The second kappa shape index (κ2) is 12.2. The lowest BCUT2D eigenvalue weighted by Crippen LogP contribution is -2.20. The van der Waals surface area contributed by atoms with Gasteiger partial charge in [-0.05, 0) is 67.2 Å². The average molecular weight is 514 g/mol. The first-order valence-electron chi connectivity index (χ1n) is 11.4. The first kappa shape index (κ1) is 25.3. The van der Waals surface area contributed by atoms with Crippen molar-refractivity contribution in [1.29, 1.82) is 0 Å². The van der Waals surface area contributed by atoms with Crippen LogP contribution in [-0.4, -0.2) is 18.1 Å². The molecular weight excluding hydrogens is 486 g/mol. The summed E-state index contributed by atoms with van der Waals surface area (Å²) in [6.45, 7) is 2.04. The van der Waals surface area contributed by atoms with Crippen LogP contribution in [0, 0.1) is 6.92 Å². The van der Waals surface area contributed by atoms with E-state index in [4.69, 9.17) is 17.0 Å². The highest BCUT2D eigenvalue weighted by molar-refractivity contribution is 8.00. The number of carbonyl (C=O) groups excluding carboxylic acids is 1. The van der Waals surface area contributed by atoms with E-state index in [0.29, 0.717) is 16.5 Å². The van der Waals surface area contributed by atoms with Crippen LogP contribution in [0.5, 0.6) is 5.75 Å². The number of methoxy groups -OCH3 is 1. The van der Waals surface area contributed by atoms with Crippen LogP contribution in [0.1, 0.15) is 16.4 Å². The largest absolute Gasteiger partial charge is 0.495 e. The van der Waals surface area contributed by atoms with E-state index >= 15 is 0 Å². The number of ether oxygens (including phenoxy) is 1. The molecule has 0 aromatic heterocycles. The number of para-hydroxylation sites is 2. The Balaban J connectivity index is 1.50. The molecule has 36 heavy (non-hydrogen) atoms. The van der Waals surface area contributed by atoms with Crippen molar-refractivity contribution in [2.24, 2.45) is 0 Å². The zero-order valence-electron chi connectivity index (χ0n) is 20.0. The highest BCUT2D eigenvalue weighted by Crippen LogP contribution is 2.38. The van der Waals surface area contributed by atoms with Crippen molar-refractivity contribution in [3.8, 4) is 5.75 Å². The first-order valence-corrected chi connectivity index (χ1v) is 12.7. The SMILES string of the molecule is COc1ccccc1NC(=O)C(Sc1cccc(NC(=S)Nc2ccc(C)cc2)c1)c1ccccc1. The molecule has 7 heteroatoms. The van der Waals surface area contributed by atoms with E-state index < -0.39 is 5.25 Å². The number of thioether (sulfide) groups is 1. The number of thiocarbonyl (C=S) groups is 1. The van der Waals surface area contributed by atoms with Crippen LogP contribution in [0.25, 0.3) is 0 Å². The van der Waals surface area contributed by atoms with Gasteiger partial charge < -0.3 is 20.7 Å². The van der Waals surface area contributed by atoms with Crippen molar-refractivity contribution in [3.05, 3.63) is 114 Å². The molecule has 4 aromatic rings. The Bertz CT molecular complexity index is 1330. The van der Waals surface area contributed by atoms with Gasteiger partial charge in [0.05, 0.1) is 12.8 Å². The summed E-state index contributed by atoms with van der Waals surface area (Å²) in [6.07, 6.45) is 0. The number of nitrogens with one attached hydrogen (secondary N) is 3. The van der Waals surface area contributed by atoms with Crippen molar-refractivity contribution in [2.75, 3.05) is 23.1 Å². The van der Waals surface area contributed by atoms with E-state index in [2.05, 4.69) is 16.0 Å². The lowest BCUT2D eigenvalue weighted by Gasteiger charge is -2.19. The van der Waals surface area contributed by atoms with Gasteiger partial charge in [-0.3, -0.25) is 4.79 Å². The molecule has 0 aliphatic heterocycles. The molecule has 0 bridgehead atoms. The van der Waals surface area contributed by atoms with Crippen LogP contribution < -0.4 is 20.7 Å². The standard InChI is InChI=1S/C29H27N3O2S2/c1-20-15-17-22(18-16-20)30-29(35)31-23-11-8-12-24(19-23)36-27(21-9-4-3-5-10-21)28(33)32-25-13-6-7-14-26(25)34-2/h3-19,27H,1-2H3,(H,32,33)(H2,30,31,35). The number of amides is 1. The summed E-state index contributed by atoms with van der Waals surface area (Å²) in [5.41, 5.74) is 4.48. The molecule has 0 spiro atoms. The number of hydrogen-bond acceptors (Lipinski definition) is 4. The van der Waals surface area contributed by atoms with E-state index in [1.54, 1.807) is 7.11 Å². The Morgan fingerprint density at radius 1 is 0.806 bits per heavy atom. The summed E-state index contributed by atoms with van der Waals surface area (Å²) >= 11 is 6.96. The minimum Gasteiger partial charge on any atom is -0.495 e. The maximum absolute atomic E-state index is 13.4. The third kappa shape index (κ3) is 6.87. The lowest BCUT2D eigenvalue weighted by molar-refractivity contribution is -0.115. The van der Waals surface area contributed by atoms with Crippen LogP contribution in [-0.2, 0) is 4.79 Å². The fourth-order valence-electron chi connectivity index (χ4n) is 3.56. The Morgan fingerprint density at radius 3 is 2.25 bits per heavy atom. The Kier molecular flexibility index (Phi) is 8.60. The summed E-state index contributed by atoms with van der Waals surface area (Å²) < 4.78 is 5.40. The Morgan fingerprint density at radius 2 is 1.50 bits per heavy atom.